The summed E-state index contributed by atoms with van der Waals surface area (Å²) in [7, 11) is 0. The molecular formula is C5H9NO2. The first-order valence-electron chi connectivity index (χ1n) is 2.42. The predicted molar refractivity (Wildman–Crippen MR) is 30.2 cm³/mol. The summed E-state index contributed by atoms with van der Waals surface area (Å²) in [5.74, 6) is 0.116. The molecule has 0 amide bonds. The van der Waals surface area contributed by atoms with E-state index in [2.05, 4.69) is 5.16 Å². The molecule has 0 aromatic rings. The van der Waals surface area contributed by atoms with Gasteiger partial charge in [0.15, 0.2) is 0 Å². The molecule has 0 fully saturated rings. The Morgan fingerprint density at radius 1 is 1.88 bits per heavy atom. The minimum Gasteiger partial charge on any atom is -0.411 e. The van der Waals surface area contributed by atoms with E-state index in [1.807, 2.05) is 0 Å². The molecule has 8 heavy (non-hydrogen) atoms. The van der Waals surface area contributed by atoms with E-state index in [9.17, 15) is 4.79 Å². The van der Waals surface area contributed by atoms with E-state index in [4.69, 9.17) is 5.21 Å². The maximum Gasteiger partial charge on any atom is 0.130 e. The summed E-state index contributed by atoms with van der Waals surface area (Å²) in [5.41, 5.74) is 0. The summed E-state index contributed by atoms with van der Waals surface area (Å²) >= 11 is 0. The van der Waals surface area contributed by atoms with Gasteiger partial charge in [0.2, 0.25) is 0 Å². The number of oxime groups is 1. The molecule has 0 rings (SSSR count). The third-order valence-corrected chi connectivity index (χ3v) is 0.707. The quantitative estimate of drug-likeness (QED) is 0.336. The first-order valence-corrected chi connectivity index (χ1v) is 2.42. The Bertz CT molecular complexity index is 98.6. The second kappa shape index (κ2) is 4.30. The molecular weight excluding hydrogens is 106 g/mol. The van der Waals surface area contributed by atoms with Gasteiger partial charge in [-0.05, 0) is 13.3 Å². The minimum absolute atomic E-state index is 0.116. The predicted octanol–water partition coefficient (Wildman–Crippen LogP) is 0.816. The number of ketones is 1. The highest BCUT2D eigenvalue weighted by Crippen LogP contribution is 1.84. The standard InChI is InChI=1S/C5H9NO2/c1-5(7)3-2-4-6-8/h4,8H,2-3H2,1H3. The second-order valence-electron chi connectivity index (χ2n) is 1.54. The Hall–Kier alpha value is -0.860. The smallest absolute Gasteiger partial charge is 0.130 e. The number of carbonyl (C=O) groups excluding carboxylic acids is 1. The second-order valence-corrected chi connectivity index (χ2v) is 1.54. The van der Waals surface area contributed by atoms with Crippen molar-refractivity contribution in [3.8, 4) is 0 Å². The number of hydrogen-bond donors (Lipinski definition) is 1. The van der Waals surface area contributed by atoms with Gasteiger partial charge >= 0.3 is 0 Å². The fraction of sp³-hybridized carbons (Fsp3) is 0.600. The Kier molecular flexibility index (Phi) is 3.84. The van der Waals surface area contributed by atoms with E-state index in [1.165, 1.54) is 13.1 Å². The van der Waals surface area contributed by atoms with Gasteiger partial charge in [-0.1, -0.05) is 0 Å². The average molecular weight is 115 g/mol. The maximum atomic E-state index is 10.2. The Labute approximate surface area is 48.0 Å². The van der Waals surface area contributed by atoms with Gasteiger partial charge in [-0.25, -0.2) is 0 Å². The van der Waals surface area contributed by atoms with Gasteiger partial charge in [-0.2, -0.15) is 0 Å². The largest absolute Gasteiger partial charge is 0.411 e. The lowest BCUT2D eigenvalue weighted by molar-refractivity contribution is -0.116. The van der Waals surface area contributed by atoms with Gasteiger partial charge < -0.3 is 10.0 Å². The van der Waals surface area contributed by atoms with Crippen LogP contribution in [0.1, 0.15) is 19.8 Å². The van der Waals surface area contributed by atoms with Gasteiger partial charge in [0.25, 0.3) is 0 Å². The zero-order chi connectivity index (χ0) is 6.41. The van der Waals surface area contributed by atoms with Crippen LogP contribution in [0.5, 0.6) is 0 Å². The number of Topliss-reactive ketones (excluding diaryl/α,β-unsaturated/α-hetero) is 1. The Balaban J connectivity index is 3.05. The summed E-state index contributed by atoms with van der Waals surface area (Å²) in [6.07, 6.45) is 2.30. The molecule has 0 aromatic heterocycles. The molecule has 0 radical (unpaired) electrons. The van der Waals surface area contributed by atoms with E-state index in [0.29, 0.717) is 12.8 Å². The van der Waals surface area contributed by atoms with Gasteiger partial charge in [0, 0.05) is 12.6 Å². The minimum atomic E-state index is 0.116. The lowest BCUT2D eigenvalue weighted by Gasteiger charge is -1.83. The molecule has 0 saturated carbocycles. The van der Waals surface area contributed by atoms with Crippen molar-refractivity contribution in [1.29, 1.82) is 0 Å². The molecule has 3 heteroatoms. The molecule has 1 N–H and O–H groups in total. The van der Waals surface area contributed by atoms with Crippen molar-refractivity contribution in [3.05, 3.63) is 0 Å². The molecule has 0 bridgehead atoms. The van der Waals surface area contributed by atoms with Gasteiger partial charge in [0.1, 0.15) is 5.78 Å². The van der Waals surface area contributed by atoms with Gasteiger partial charge in [-0.15, -0.1) is 5.16 Å². The zero-order valence-electron chi connectivity index (χ0n) is 4.79. The molecule has 0 saturated heterocycles. The van der Waals surface area contributed by atoms with E-state index < -0.39 is 0 Å². The van der Waals surface area contributed by atoms with Crippen LogP contribution in [0.2, 0.25) is 0 Å². The van der Waals surface area contributed by atoms with Crippen molar-refractivity contribution >= 4 is 12.0 Å². The average Bonchev–Trinajstić information content (AvgIpc) is 1.66. The lowest BCUT2D eigenvalue weighted by Crippen LogP contribution is -1.88. The molecule has 0 atom stereocenters. The number of nitrogens with zero attached hydrogens (tertiary/aromatic N) is 1. The monoisotopic (exact) mass is 115 g/mol. The van der Waals surface area contributed by atoms with Crippen LogP contribution in [0.3, 0.4) is 0 Å². The zero-order valence-corrected chi connectivity index (χ0v) is 4.79. The van der Waals surface area contributed by atoms with Gasteiger partial charge in [-0.3, -0.25) is 0 Å². The first kappa shape index (κ1) is 7.14. The molecule has 0 heterocycles. The van der Waals surface area contributed by atoms with Crippen LogP contribution < -0.4 is 0 Å². The highest BCUT2D eigenvalue weighted by atomic mass is 16.4. The van der Waals surface area contributed by atoms with Crippen molar-refractivity contribution in [3.63, 3.8) is 0 Å². The molecule has 0 unspecified atom stereocenters. The molecule has 0 aliphatic carbocycles. The van der Waals surface area contributed by atoms with E-state index >= 15 is 0 Å². The molecule has 0 aliphatic rings. The van der Waals surface area contributed by atoms with Crippen molar-refractivity contribution in [1.82, 2.24) is 0 Å². The normalized spacial score (nSPS) is 10.1. The number of rotatable bonds is 3. The third-order valence-electron chi connectivity index (χ3n) is 0.707. The molecule has 46 valence electrons. The van der Waals surface area contributed by atoms with Crippen LogP contribution >= 0.6 is 0 Å². The maximum absolute atomic E-state index is 10.2. The van der Waals surface area contributed by atoms with Crippen LogP contribution in [0.15, 0.2) is 5.16 Å². The fourth-order valence-electron chi connectivity index (χ4n) is 0.326. The van der Waals surface area contributed by atoms with Crippen LogP contribution in [0.25, 0.3) is 0 Å². The third kappa shape index (κ3) is 5.14. The van der Waals surface area contributed by atoms with Crippen LogP contribution in [0, 0.1) is 0 Å². The number of carbonyl (C=O) groups is 1. The van der Waals surface area contributed by atoms with Crippen molar-refractivity contribution in [2.75, 3.05) is 0 Å². The molecule has 3 nitrogen and oxygen atoms in total. The van der Waals surface area contributed by atoms with Crippen molar-refractivity contribution < 1.29 is 10.0 Å². The van der Waals surface area contributed by atoms with E-state index in [-0.39, 0.29) is 5.78 Å². The van der Waals surface area contributed by atoms with E-state index in [1.54, 1.807) is 0 Å². The van der Waals surface area contributed by atoms with Crippen molar-refractivity contribution in [2.24, 2.45) is 5.16 Å². The summed E-state index contributed by atoms with van der Waals surface area (Å²) in [6.45, 7) is 1.51. The summed E-state index contributed by atoms with van der Waals surface area (Å²) < 4.78 is 0. The van der Waals surface area contributed by atoms with Crippen LogP contribution in [-0.2, 0) is 4.79 Å². The topological polar surface area (TPSA) is 49.7 Å². The molecule has 0 spiro atoms. The highest BCUT2D eigenvalue weighted by Gasteiger charge is 1.87. The lowest BCUT2D eigenvalue weighted by atomic mass is 10.2. The fourth-order valence-corrected chi connectivity index (χ4v) is 0.326. The summed E-state index contributed by atoms with van der Waals surface area (Å²) in [6, 6.07) is 0. The van der Waals surface area contributed by atoms with E-state index in [0.717, 1.165) is 0 Å². The Morgan fingerprint density at radius 2 is 2.50 bits per heavy atom. The number of hydrogen-bond acceptors (Lipinski definition) is 3. The molecule has 0 aromatic carbocycles. The SMILES string of the molecule is CC(=O)CCC=NO. The van der Waals surface area contributed by atoms with Crippen molar-refractivity contribution in [2.45, 2.75) is 19.8 Å². The highest BCUT2D eigenvalue weighted by molar-refractivity contribution is 5.78. The summed E-state index contributed by atoms with van der Waals surface area (Å²) in [4.78, 5) is 10.2. The summed E-state index contributed by atoms with van der Waals surface area (Å²) in [5, 5.41) is 10.6. The van der Waals surface area contributed by atoms with Gasteiger partial charge in [0.05, 0.1) is 0 Å². The van der Waals surface area contributed by atoms with Crippen LogP contribution in [0.4, 0.5) is 0 Å². The van der Waals surface area contributed by atoms with Crippen LogP contribution in [-0.4, -0.2) is 17.2 Å². The first-order chi connectivity index (χ1) is 3.77. The molecule has 0 aliphatic heterocycles. The Morgan fingerprint density at radius 3 is 2.88 bits per heavy atom.